The van der Waals surface area contributed by atoms with Crippen molar-refractivity contribution in [1.29, 1.82) is 0 Å². The molecule has 0 spiro atoms. The lowest BCUT2D eigenvalue weighted by atomic mass is 10.3. The van der Waals surface area contributed by atoms with Crippen LogP contribution in [-0.4, -0.2) is 35.2 Å². The van der Waals surface area contributed by atoms with E-state index in [1.807, 2.05) is 0 Å². The third kappa shape index (κ3) is 3.65. The Kier molecular flexibility index (Phi) is 4.68. The van der Waals surface area contributed by atoms with Crippen LogP contribution >= 0.6 is 0 Å². The molecule has 0 amide bonds. The monoisotopic (exact) mass is 430 g/mol. The van der Waals surface area contributed by atoms with E-state index in [9.17, 15) is 16.8 Å². The molecule has 0 saturated carbocycles. The average Bonchev–Trinajstić information content (AvgIpc) is 3.43. The Balaban J connectivity index is 1.52. The maximum atomic E-state index is 12.4. The molecule has 2 aromatic heterocycles. The first-order valence-corrected chi connectivity index (χ1v) is 11.1. The summed E-state index contributed by atoms with van der Waals surface area (Å²) in [6.07, 6.45) is 5.45. The molecule has 4 rings (SSSR count). The molecule has 0 aliphatic rings. The standard InChI is InChI=1S/C18H14N4O5S2/c23-28(24,21-13-1-11-19-21)17-7-3-15(4-8-17)27-16-5-9-18(10-6-16)29(25,26)22-14-2-12-20-22/h1-14H. The highest BCUT2D eigenvalue weighted by molar-refractivity contribution is 7.90. The number of hydrogen-bond donors (Lipinski definition) is 0. The van der Waals surface area contributed by atoms with Gasteiger partial charge in [0, 0.05) is 12.4 Å². The first-order valence-electron chi connectivity index (χ1n) is 8.26. The summed E-state index contributed by atoms with van der Waals surface area (Å²) >= 11 is 0. The van der Waals surface area contributed by atoms with E-state index in [2.05, 4.69) is 10.2 Å². The van der Waals surface area contributed by atoms with Crippen LogP contribution in [0.3, 0.4) is 0 Å². The first-order chi connectivity index (χ1) is 13.9. The number of rotatable bonds is 6. The van der Waals surface area contributed by atoms with E-state index < -0.39 is 20.0 Å². The van der Waals surface area contributed by atoms with Gasteiger partial charge in [-0.1, -0.05) is 0 Å². The summed E-state index contributed by atoms with van der Waals surface area (Å²) in [5.41, 5.74) is 0. The van der Waals surface area contributed by atoms with Crippen LogP contribution in [0.2, 0.25) is 0 Å². The topological polar surface area (TPSA) is 113 Å². The summed E-state index contributed by atoms with van der Waals surface area (Å²) in [6, 6.07) is 14.7. The smallest absolute Gasteiger partial charge is 0.282 e. The van der Waals surface area contributed by atoms with E-state index >= 15 is 0 Å². The third-order valence-corrected chi connectivity index (χ3v) is 7.08. The minimum Gasteiger partial charge on any atom is -0.457 e. The minimum atomic E-state index is -3.75. The van der Waals surface area contributed by atoms with Crippen molar-refractivity contribution in [2.45, 2.75) is 9.79 Å². The Morgan fingerprint density at radius 2 is 1.00 bits per heavy atom. The van der Waals surface area contributed by atoms with E-state index in [-0.39, 0.29) is 9.79 Å². The van der Waals surface area contributed by atoms with E-state index in [0.29, 0.717) is 11.5 Å². The molecule has 0 aliphatic heterocycles. The second kappa shape index (κ2) is 7.18. The van der Waals surface area contributed by atoms with E-state index in [1.165, 1.54) is 85.5 Å². The van der Waals surface area contributed by atoms with Crippen LogP contribution in [0.5, 0.6) is 11.5 Å². The molecule has 4 aromatic rings. The van der Waals surface area contributed by atoms with Gasteiger partial charge in [0.05, 0.1) is 22.2 Å². The number of nitrogens with zero attached hydrogens (tertiary/aromatic N) is 4. The van der Waals surface area contributed by atoms with Crippen LogP contribution in [0.15, 0.2) is 95.2 Å². The lowest BCUT2D eigenvalue weighted by molar-refractivity contribution is 0.481. The van der Waals surface area contributed by atoms with Crippen LogP contribution in [0, 0.1) is 0 Å². The van der Waals surface area contributed by atoms with Gasteiger partial charge in [0.15, 0.2) is 0 Å². The molecule has 0 N–H and O–H groups in total. The van der Waals surface area contributed by atoms with Gasteiger partial charge >= 0.3 is 0 Å². The van der Waals surface area contributed by atoms with Crippen LogP contribution < -0.4 is 4.74 Å². The normalized spacial score (nSPS) is 12.0. The molecule has 148 valence electrons. The lowest BCUT2D eigenvalue weighted by Gasteiger charge is -2.09. The van der Waals surface area contributed by atoms with E-state index in [4.69, 9.17) is 4.74 Å². The third-order valence-electron chi connectivity index (χ3n) is 3.93. The lowest BCUT2D eigenvalue weighted by Crippen LogP contribution is -2.13. The van der Waals surface area contributed by atoms with Gasteiger partial charge in [0.1, 0.15) is 11.5 Å². The fourth-order valence-corrected chi connectivity index (χ4v) is 4.72. The second-order valence-electron chi connectivity index (χ2n) is 5.81. The summed E-state index contributed by atoms with van der Waals surface area (Å²) in [6.45, 7) is 0. The van der Waals surface area contributed by atoms with Gasteiger partial charge in [0.25, 0.3) is 20.0 Å². The predicted molar refractivity (Wildman–Crippen MR) is 103 cm³/mol. The molecule has 0 aliphatic carbocycles. The molecule has 0 saturated heterocycles. The average molecular weight is 430 g/mol. The zero-order valence-corrected chi connectivity index (χ0v) is 16.4. The molecule has 11 heteroatoms. The van der Waals surface area contributed by atoms with Gasteiger partial charge in [-0.3, -0.25) is 0 Å². The molecule has 0 bridgehead atoms. The second-order valence-corrected chi connectivity index (χ2v) is 9.40. The Labute approximate surface area is 166 Å². The highest BCUT2D eigenvalue weighted by atomic mass is 32.2. The van der Waals surface area contributed by atoms with Gasteiger partial charge in [-0.2, -0.15) is 35.2 Å². The zero-order chi connectivity index (χ0) is 20.5. The van der Waals surface area contributed by atoms with Crippen LogP contribution in [0.4, 0.5) is 0 Å². The Bertz CT molecular complexity index is 1210. The van der Waals surface area contributed by atoms with Crippen molar-refractivity contribution in [3.63, 3.8) is 0 Å². The summed E-state index contributed by atoms with van der Waals surface area (Å²) < 4.78 is 57.0. The Morgan fingerprint density at radius 1 is 0.621 bits per heavy atom. The molecule has 0 fully saturated rings. The minimum absolute atomic E-state index is 0.0641. The highest BCUT2D eigenvalue weighted by Gasteiger charge is 2.18. The fourth-order valence-electron chi connectivity index (χ4n) is 2.51. The molecular weight excluding hydrogens is 416 g/mol. The molecular formula is C18H14N4O5S2. The van der Waals surface area contributed by atoms with Crippen molar-refractivity contribution in [3.8, 4) is 11.5 Å². The Hall–Kier alpha value is -3.44. The van der Waals surface area contributed by atoms with Crippen LogP contribution in [0.1, 0.15) is 0 Å². The fraction of sp³-hybridized carbons (Fsp3) is 0. The number of benzene rings is 2. The van der Waals surface area contributed by atoms with Crippen molar-refractivity contribution in [2.24, 2.45) is 0 Å². The molecule has 0 atom stereocenters. The SMILES string of the molecule is O=S(=O)(c1ccc(Oc2ccc(S(=O)(=O)n3cccn3)cc2)cc1)n1cccn1. The summed E-state index contributed by atoms with van der Waals surface area (Å²) in [5, 5.41) is 7.49. The largest absolute Gasteiger partial charge is 0.457 e. The number of hydrogen-bond acceptors (Lipinski definition) is 7. The molecule has 2 aromatic carbocycles. The summed E-state index contributed by atoms with van der Waals surface area (Å²) in [7, 11) is -7.51. The summed E-state index contributed by atoms with van der Waals surface area (Å²) in [5.74, 6) is 0.791. The van der Waals surface area contributed by atoms with Gasteiger partial charge in [0.2, 0.25) is 0 Å². The maximum absolute atomic E-state index is 12.4. The van der Waals surface area contributed by atoms with E-state index in [0.717, 1.165) is 8.17 Å². The number of ether oxygens (including phenoxy) is 1. The Morgan fingerprint density at radius 3 is 1.31 bits per heavy atom. The quantitative estimate of drug-likeness (QED) is 0.461. The van der Waals surface area contributed by atoms with Crippen molar-refractivity contribution < 1.29 is 21.6 Å². The number of aromatic nitrogens is 4. The molecule has 29 heavy (non-hydrogen) atoms. The van der Waals surface area contributed by atoms with Crippen molar-refractivity contribution >= 4 is 20.0 Å². The predicted octanol–water partition coefficient (Wildman–Crippen LogP) is 2.35. The van der Waals surface area contributed by atoms with E-state index in [1.54, 1.807) is 0 Å². The zero-order valence-electron chi connectivity index (χ0n) is 14.7. The maximum Gasteiger partial charge on any atom is 0.282 e. The molecule has 9 nitrogen and oxygen atoms in total. The first kappa shape index (κ1) is 18.9. The van der Waals surface area contributed by atoms with Crippen LogP contribution in [0.25, 0.3) is 0 Å². The van der Waals surface area contributed by atoms with Gasteiger partial charge in [-0.05, 0) is 60.7 Å². The van der Waals surface area contributed by atoms with Gasteiger partial charge < -0.3 is 4.74 Å². The highest BCUT2D eigenvalue weighted by Crippen LogP contribution is 2.25. The van der Waals surface area contributed by atoms with Gasteiger partial charge in [-0.15, -0.1) is 0 Å². The van der Waals surface area contributed by atoms with Crippen molar-refractivity contribution in [2.75, 3.05) is 0 Å². The van der Waals surface area contributed by atoms with Crippen molar-refractivity contribution in [1.82, 2.24) is 18.4 Å². The van der Waals surface area contributed by atoms with Crippen molar-refractivity contribution in [3.05, 3.63) is 85.5 Å². The summed E-state index contributed by atoms with van der Waals surface area (Å²) in [4.78, 5) is 0.128. The van der Waals surface area contributed by atoms with Gasteiger partial charge in [-0.25, -0.2) is 0 Å². The molecule has 0 unspecified atom stereocenters. The van der Waals surface area contributed by atoms with Crippen LogP contribution in [-0.2, 0) is 20.0 Å². The molecule has 0 radical (unpaired) electrons. The molecule has 2 heterocycles.